The third-order valence-electron chi connectivity index (χ3n) is 3.12. The minimum Gasteiger partial charge on any atom is -0.383 e. The van der Waals surface area contributed by atoms with Crippen LogP contribution in [0.15, 0.2) is 48.0 Å². The highest BCUT2D eigenvalue weighted by atomic mass is 32.1. The van der Waals surface area contributed by atoms with E-state index in [1.165, 1.54) is 16.7 Å². The third kappa shape index (κ3) is 1.92. The molecule has 0 amide bonds. The number of hydrogen-bond donors (Lipinski definition) is 1. The van der Waals surface area contributed by atoms with Gasteiger partial charge in [0.2, 0.25) is 0 Å². The van der Waals surface area contributed by atoms with E-state index in [1.54, 1.807) is 5.51 Å². The minimum absolute atomic E-state index is 0.581. The van der Waals surface area contributed by atoms with Crippen molar-refractivity contribution in [1.82, 2.24) is 4.98 Å². The van der Waals surface area contributed by atoms with Gasteiger partial charge in [0, 0.05) is 0 Å². The van der Waals surface area contributed by atoms with Gasteiger partial charge in [-0.15, -0.1) is 11.3 Å². The fourth-order valence-corrected chi connectivity index (χ4v) is 2.92. The summed E-state index contributed by atoms with van der Waals surface area (Å²) in [6.45, 7) is 1.93. The molecule has 2 aromatic carbocycles. The molecule has 18 heavy (non-hydrogen) atoms. The van der Waals surface area contributed by atoms with Crippen molar-refractivity contribution in [3.63, 3.8) is 0 Å². The molecule has 1 aromatic heterocycles. The number of benzene rings is 2. The molecule has 0 radical (unpaired) electrons. The molecule has 0 saturated heterocycles. The smallest absolute Gasteiger partial charge is 0.115 e. The van der Waals surface area contributed by atoms with Crippen LogP contribution < -0.4 is 0 Å². The summed E-state index contributed by atoms with van der Waals surface area (Å²) < 4.78 is 0. The van der Waals surface area contributed by atoms with Gasteiger partial charge >= 0.3 is 0 Å². The van der Waals surface area contributed by atoms with Gasteiger partial charge in [-0.1, -0.05) is 36.4 Å². The van der Waals surface area contributed by atoms with E-state index >= 15 is 0 Å². The monoisotopic (exact) mass is 255 g/mol. The van der Waals surface area contributed by atoms with Crippen LogP contribution in [-0.2, 0) is 0 Å². The molecule has 0 saturated carbocycles. The van der Waals surface area contributed by atoms with Gasteiger partial charge in [0.1, 0.15) is 6.10 Å². The van der Waals surface area contributed by atoms with Gasteiger partial charge in [0.15, 0.2) is 0 Å². The minimum atomic E-state index is -0.581. The van der Waals surface area contributed by atoms with Crippen molar-refractivity contribution in [3.8, 4) is 0 Å². The summed E-state index contributed by atoms with van der Waals surface area (Å²) in [6.07, 6.45) is -0.581. The van der Waals surface area contributed by atoms with E-state index in [-0.39, 0.29) is 0 Å². The van der Waals surface area contributed by atoms with E-state index in [0.29, 0.717) is 0 Å². The molecule has 3 aromatic rings. The number of aryl methyl sites for hydroxylation is 1. The topological polar surface area (TPSA) is 33.1 Å². The zero-order chi connectivity index (χ0) is 12.5. The van der Waals surface area contributed by atoms with Gasteiger partial charge in [-0.25, -0.2) is 4.98 Å². The maximum absolute atomic E-state index is 10.4. The molecular weight excluding hydrogens is 242 g/mol. The quantitative estimate of drug-likeness (QED) is 0.757. The number of aromatic nitrogens is 1. The molecule has 1 unspecified atom stereocenters. The lowest BCUT2D eigenvalue weighted by molar-refractivity contribution is 0.223. The van der Waals surface area contributed by atoms with Crippen molar-refractivity contribution in [1.29, 1.82) is 0 Å². The highest BCUT2D eigenvalue weighted by Crippen LogP contribution is 2.29. The second-order valence-electron chi connectivity index (χ2n) is 4.31. The number of rotatable bonds is 2. The lowest BCUT2D eigenvalue weighted by Gasteiger charge is -2.10. The molecule has 0 aliphatic carbocycles. The highest BCUT2D eigenvalue weighted by molar-refractivity contribution is 7.09. The Bertz CT molecular complexity index is 690. The first kappa shape index (κ1) is 11.4. The average Bonchev–Trinajstić information content (AvgIpc) is 2.83. The van der Waals surface area contributed by atoms with Crippen LogP contribution in [0.1, 0.15) is 22.2 Å². The first-order valence-corrected chi connectivity index (χ1v) is 6.70. The predicted octanol–water partition coefficient (Wildman–Crippen LogP) is 3.69. The second kappa shape index (κ2) is 4.52. The Labute approximate surface area is 110 Å². The van der Waals surface area contributed by atoms with Crippen molar-refractivity contribution in [2.45, 2.75) is 13.0 Å². The fourth-order valence-electron chi connectivity index (χ4n) is 2.10. The van der Waals surface area contributed by atoms with E-state index in [4.69, 9.17) is 0 Å². The molecule has 1 atom stereocenters. The molecule has 1 N–H and O–H groups in total. The Morgan fingerprint density at radius 1 is 1.11 bits per heavy atom. The maximum Gasteiger partial charge on any atom is 0.115 e. The Hall–Kier alpha value is -1.71. The molecular formula is C15H13NOS. The lowest BCUT2D eigenvalue weighted by Crippen LogP contribution is -1.99. The van der Waals surface area contributed by atoms with Crippen LogP contribution in [-0.4, -0.2) is 10.1 Å². The SMILES string of the molecule is Cc1ncsc1C(O)c1ccc2ccccc2c1. The summed E-state index contributed by atoms with van der Waals surface area (Å²) in [7, 11) is 0. The van der Waals surface area contributed by atoms with Crippen molar-refractivity contribution >= 4 is 22.1 Å². The zero-order valence-electron chi connectivity index (χ0n) is 10.00. The first-order valence-electron chi connectivity index (χ1n) is 5.82. The fraction of sp³-hybridized carbons (Fsp3) is 0.133. The number of fused-ring (bicyclic) bond motifs is 1. The summed E-state index contributed by atoms with van der Waals surface area (Å²) in [5.41, 5.74) is 3.59. The van der Waals surface area contributed by atoms with Crippen molar-refractivity contribution < 1.29 is 5.11 Å². The van der Waals surface area contributed by atoms with E-state index in [9.17, 15) is 5.11 Å². The summed E-state index contributed by atoms with van der Waals surface area (Å²) >= 11 is 1.50. The van der Waals surface area contributed by atoms with Gasteiger partial charge in [-0.3, -0.25) is 0 Å². The van der Waals surface area contributed by atoms with E-state index < -0.39 is 6.10 Å². The van der Waals surface area contributed by atoms with Crippen LogP contribution in [0, 0.1) is 6.92 Å². The number of aliphatic hydroxyl groups is 1. The van der Waals surface area contributed by atoms with E-state index in [2.05, 4.69) is 17.1 Å². The maximum atomic E-state index is 10.4. The summed E-state index contributed by atoms with van der Waals surface area (Å²) in [5.74, 6) is 0. The van der Waals surface area contributed by atoms with Crippen molar-refractivity contribution in [3.05, 3.63) is 64.1 Å². The number of thiazole rings is 1. The standard InChI is InChI=1S/C15H13NOS/c1-10-15(18-9-16-10)14(17)13-7-6-11-4-2-3-5-12(11)8-13/h2-9,14,17H,1H3. The molecule has 0 aliphatic rings. The van der Waals surface area contributed by atoms with Gasteiger partial charge in [0.05, 0.1) is 16.1 Å². The van der Waals surface area contributed by atoms with Gasteiger partial charge < -0.3 is 5.11 Å². The molecule has 0 fully saturated rings. The van der Waals surface area contributed by atoms with Crippen molar-refractivity contribution in [2.24, 2.45) is 0 Å². The summed E-state index contributed by atoms with van der Waals surface area (Å²) in [5, 5.41) is 12.7. The van der Waals surface area contributed by atoms with E-state index in [1.807, 2.05) is 37.3 Å². The summed E-state index contributed by atoms with van der Waals surface area (Å²) in [6, 6.07) is 14.2. The Balaban J connectivity index is 2.07. The van der Waals surface area contributed by atoms with Gasteiger partial charge in [0.25, 0.3) is 0 Å². The van der Waals surface area contributed by atoms with Crippen LogP contribution in [0.25, 0.3) is 10.8 Å². The molecule has 0 spiro atoms. The van der Waals surface area contributed by atoms with Gasteiger partial charge in [-0.05, 0) is 29.3 Å². The Morgan fingerprint density at radius 3 is 2.61 bits per heavy atom. The first-order chi connectivity index (χ1) is 8.75. The Morgan fingerprint density at radius 2 is 1.89 bits per heavy atom. The molecule has 1 heterocycles. The summed E-state index contributed by atoms with van der Waals surface area (Å²) in [4.78, 5) is 5.11. The molecule has 3 rings (SSSR count). The van der Waals surface area contributed by atoms with Crippen LogP contribution in [0.2, 0.25) is 0 Å². The van der Waals surface area contributed by atoms with Crippen LogP contribution in [0.5, 0.6) is 0 Å². The molecule has 3 heteroatoms. The highest BCUT2D eigenvalue weighted by Gasteiger charge is 2.15. The normalized spacial score (nSPS) is 12.8. The number of hydrogen-bond acceptors (Lipinski definition) is 3. The van der Waals surface area contributed by atoms with Crippen LogP contribution >= 0.6 is 11.3 Å². The number of nitrogens with zero attached hydrogens (tertiary/aromatic N) is 1. The molecule has 2 nitrogen and oxygen atoms in total. The predicted molar refractivity (Wildman–Crippen MR) is 74.9 cm³/mol. The molecule has 0 aliphatic heterocycles. The lowest BCUT2D eigenvalue weighted by atomic mass is 10.0. The number of aliphatic hydroxyl groups excluding tert-OH is 1. The molecule has 0 bridgehead atoms. The average molecular weight is 255 g/mol. The van der Waals surface area contributed by atoms with Gasteiger partial charge in [-0.2, -0.15) is 0 Å². The largest absolute Gasteiger partial charge is 0.383 e. The van der Waals surface area contributed by atoms with Crippen LogP contribution in [0.4, 0.5) is 0 Å². The van der Waals surface area contributed by atoms with Crippen molar-refractivity contribution in [2.75, 3.05) is 0 Å². The van der Waals surface area contributed by atoms with E-state index in [0.717, 1.165) is 21.5 Å². The third-order valence-corrected chi connectivity index (χ3v) is 4.10. The van der Waals surface area contributed by atoms with Crippen LogP contribution in [0.3, 0.4) is 0 Å². The second-order valence-corrected chi connectivity index (χ2v) is 5.20. The zero-order valence-corrected chi connectivity index (χ0v) is 10.8. The molecule has 90 valence electrons. The Kier molecular flexibility index (Phi) is 2.86.